The summed E-state index contributed by atoms with van der Waals surface area (Å²) in [6.45, 7) is 4.13. The van der Waals surface area contributed by atoms with Gasteiger partial charge in [-0.1, -0.05) is 51.8 Å². The van der Waals surface area contributed by atoms with E-state index in [0.717, 1.165) is 22.8 Å². The van der Waals surface area contributed by atoms with Crippen molar-refractivity contribution in [1.29, 1.82) is 0 Å². The maximum atomic E-state index is 6.18. The van der Waals surface area contributed by atoms with E-state index in [-0.39, 0.29) is 10.9 Å². The second-order valence-corrected chi connectivity index (χ2v) is 6.72. The smallest absolute Gasteiger partial charge is 0.123 e. The third-order valence-corrected chi connectivity index (χ3v) is 5.33. The molecule has 1 heterocycles. The summed E-state index contributed by atoms with van der Waals surface area (Å²) in [5.74, 6) is 1.00. The minimum atomic E-state index is 0.131. The Morgan fingerprint density at radius 1 is 1.20 bits per heavy atom. The van der Waals surface area contributed by atoms with Gasteiger partial charge in [0.1, 0.15) is 11.9 Å². The molecule has 3 rings (SSSR count). The van der Waals surface area contributed by atoms with Crippen LogP contribution in [0.2, 0.25) is 5.02 Å². The summed E-state index contributed by atoms with van der Waals surface area (Å²) in [7, 11) is 0. The normalized spacial score (nSPS) is 18.5. The molecule has 2 atom stereocenters. The Labute approximate surface area is 133 Å². The van der Waals surface area contributed by atoms with E-state index in [0.29, 0.717) is 0 Å². The van der Waals surface area contributed by atoms with Crippen LogP contribution >= 0.6 is 27.5 Å². The van der Waals surface area contributed by atoms with Gasteiger partial charge in [-0.25, -0.2) is 0 Å². The first-order valence-electron chi connectivity index (χ1n) is 6.71. The zero-order chi connectivity index (χ0) is 14.3. The van der Waals surface area contributed by atoms with Crippen molar-refractivity contribution in [2.45, 2.75) is 31.2 Å². The van der Waals surface area contributed by atoms with Crippen molar-refractivity contribution in [3.05, 3.63) is 63.7 Å². The standard InChI is InChI=1S/C17H16BrClO/c1-10-8-14(19)11(2)7-13(10)17(18)16-9-12-5-3-4-6-15(12)20-16/h3-8,16-17H,9H2,1-2H3. The molecular weight excluding hydrogens is 336 g/mol. The molecule has 1 nitrogen and oxygen atoms in total. The summed E-state index contributed by atoms with van der Waals surface area (Å²) in [6.07, 6.45) is 1.07. The maximum Gasteiger partial charge on any atom is 0.123 e. The molecule has 0 radical (unpaired) electrons. The third-order valence-electron chi connectivity index (χ3n) is 3.84. The molecule has 0 N–H and O–H groups in total. The SMILES string of the molecule is Cc1cc(C(Br)C2Cc3ccccc3O2)c(C)cc1Cl. The summed E-state index contributed by atoms with van der Waals surface area (Å²) >= 11 is 9.99. The number of benzene rings is 2. The van der Waals surface area contributed by atoms with Crippen molar-refractivity contribution >= 4 is 27.5 Å². The molecule has 0 bridgehead atoms. The Morgan fingerprint density at radius 3 is 2.70 bits per heavy atom. The quantitative estimate of drug-likeness (QED) is 0.659. The highest BCUT2D eigenvalue weighted by Gasteiger charge is 2.30. The molecule has 0 saturated heterocycles. The molecule has 0 saturated carbocycles. The summed E-state index contributed by atoms with van der Waals surface area (Å²) in [4.78, 5) is 0.172. The van der Waals surface area contributed by atoms with Crippen LogP contribution in [0.3, 0.4) is 0 Å². The van der Waals surface area contributed by atoms with E-state index in [4.69, 9.17) is 16.3 Å². The van der Waals surface area contributed by atoms with Crippen molar-refractivity contribution in [1.82, 2.24) is 0 Å². The zero-order valence-electron chi connectivity index (χ0n) is 11.5. The molecule has 2 aromatic carbocycles. The molecule has 0 aliphatic carbocycles. The minimum Gasteiger partial charge on any atom is -0.488 e. The van der Waals surface area contributed by atoms with Crippen molar-refractivity contribution < 1.29 is 4.74 Å². The fourth-order valence-corrected chi connectivity index (χ4v) is 3.68. The molecule has 1 aliphatic rings. The van der Waals surface area contributed by atoms with Crippen LogP contribution < -0.4 is 4.74 Å². The molecule has 0 fully saturated rings. The van der Waals surface area contributed by atoms with E-state index in [1.54, 1.807) is 0 Å². The van der Waals surface area contributed by atoms with E-state index in [9.17, 15) is 0 Å². The molecule has 0 aromatic heterocycles. The van der Waals surface area contributed by atoms with Gasteiger partial charge in [-0.3, -0.25) is 0 Å². The third kappa shape index (κ3) is 2.47. The fourth-order valence-electron chi connectivity index (χ4n) is 2.67. The van der Waals surface area contributed by atoms with E-state index in [2.05, 4.69) is 41.1 Å². The number of para-hydroxylation sites is 1. The average molecular weight is 352 g/mol. The Balaban J connectivity index is 1.88. The highest BCUT2D eigenvalue weighted by molar-refractivity contribution is 9.09. The molecule has 0 spiro atoms. The van der Waals surface area contributed by atoms with Gasteiger partial charge in [0.25, 0.3) is 0 Å². The van der Waals surface area contributed by atoms with Gasteiger partial charge < -0.3 is 4.74 Å². The molecule has 0 amide bonds. The molecular formula is C17H16BrClO. The lowest BCUT2D eigenvalue weighted by atomic mass is 9.98. The lowest BCUT2D eigenvalue weighted by Gasteiger charge is -2.20. The number of hydrogen-bond acceptors (Lipinski definition) is 1. The van der Waals surface area contributed by atoms with Crippen LogP contribution in [-0.2, 0) is 6.42 Å². The van der Waals surface area contributed by atoms with E-state index >= 15 is 0 Å². The van der Waals surface area contributed by atoms with Gasteiger partial charge in [-0.2, -0.15) is 0 Å². The van der Waals surface area contributed by atoms with Crippen LogP contribution in [0.25, 0.3) is 0 Å². The van der Waals surface area contributed by atoms with Crippen molar-refractivity contribution in [2.75, 3.05) is 0 Å². The van der Waals surface area contributed by atoms with Crippen LogP contribution in [0.5, 0.6) is 5.75 Å². The van der Waals surface area contributed by atoms with E-state index in [1.807, 2.05) is 25.1 Å². The molecule has 20 heavy (non-hydrogen) atoms. The lowest BCUT2D eigenvalue weighted by Crippen LogP contribution is -2.19. The average Bonchev–Trinajstić information content (AvgIpc) is 2.86. The number of halogens is 2. The number of alkyl halides is 1. The Kier molecular flexibility index (Phi) is 3.78. The Hall–Kier alpha value is -0.990. The molecule has 3 heteroatoms. The first kappa shape index (κ1) is 14.0. The van der Waals surface area contributed by atoms with Crippen molar-refractivity contribution in [3.8, 4) is 5.75 Å². The predicted octanol–water partition coefficient (Wildman–Crippen LogP) is 5.40. The van der Waals surface area contributed by atoms with Crippen LogP contribution in [0.1, 0.15) is 27.1 Å². The molecule has 2 unspecified atom stereocenters. The Bertz CT molecular complexity index is 628. The molecule has 1 aliphatic heterocycles. The Morgan fingerprint density at radius 2 is 1.95 bits per heavy atom. The second-order valence-electron chi connectivity index (χ2n) is 5.33. The van der Waals surface area contributed by atoms with Gasteiger partial charge in [0.2, 0.25) is 0 Å². The van der Waals surface area contributed by atoms with Crippen LogP contribution in [-0.4, -0.2) is 6.10 Å². The van der Waals surface area contributed by atoms with Gasteiger partial charge in [0, 0.05) is 11.4 Å². The van der Waals surface area contributed by atoms with Crippen LogP contribution in [0.4, 0.5) is 0 Å². The minimum absolute atomic E-state index is 0.131. The maximum absolute atomic E-state index is 6.18. The highest BCUT2D eigenvalue weighted by atomic mass is 79.9. The topological polar surface area (TPSA) is 9.23 Å². The first-order chi connectivity index (χ1) is 9.56. The summed E-state index contributed by atoms with van der Waals surface area (Å²) < 4.78 is 6.07. The number of ether oxygens (including phenoxy) is 1. The fraction of sp³-hybridized carbons (Fsp3) is 0.294. The number of rotatable bonds is 2. The largest absolute Gasteiger partial charge is 0.488 e. The zero-order valence-corrected chi connectivity index (χ0v) is 13.8. The number of fused-ring (bicyclic) bond motifs is 1. The van der Waals surface area contributed by atoms with E-state index in [1.165, 1.54) is 16.7 Å². The summed E-state index contributed by atoms with van der Waals surface area (Å²) in [6, 6.07) is 12.4. The molecule has 2 aromatic rings. The van der Waals surface area contributed by atoms with E-state index < -0.39 is 0 Å². The van der Waals surface area contributed by atoms with Crippen molar-refractivity contribution in [3.63, 3.8) is 0 Å². The van der Waals surface area contributed by atoms with Gasteiger partial charge in [0.15, 0.2) is 0 Å². The summed E-state index contributed by atoms with van der Waals surface area (Å²) in [5, 5.41) is 0.821. The summed E-state index contributed by atoms with van der Waals surface area (Å²) in [5.41, 5.74) is 4.84. The lowest BCUT2D eigenvalue weighted by molar-refractivity contribution is 0.231. The highest BCUT2D eigenvalue weighted by Crippen LogP contribution is 2.40. The second kappa shape index (κ2) is 5.42. The first-order valence-corrected chi connectivity index (χ1v) is 8.01. The number of hydrogen-bond donors (Lipinski definition) is 0. The number of aryl methyl sites for hydroxylation is 2. The van der Waals surface area contributed by atoms with Gasteiger partial charge in [0.05, 0.1) is 4.83 Å². The monoisotopic (exact) mass is 350 g/mol. The van der Waals surface area contributed by atoms with Gasteiger partial charge >= 0.3 is 0 Å². The van der Waals surface area contributed by atoms with Gasteiger partial charge in [-0.15, -0.1) is 0 Å². The molecule has 104 valence electrons. The van der Waals surface area contributed by atoms with Gasteiger partial charge in [-0.05, 0) is 48.2 Å². The van der Waals surface area contributed by atoms with Crippen LogP contribution in [0.15, 0.2) is 36.4 Å². The van der Waals surface area contributed by atoms with Crippen molar-refractivity contribution in [2.24, 2.45) is 0 Å². The van der Waals surface area contributed by atoms with Crippen LogP contribution in [0, 0.1) is 13.8 Å². The predicted molar refractivity (Wildman–Crippen MR) is 87.2 cm³/mol.